The van der Waals surface area contributed by atoms with Crippen LogP contribution < -0.4 is 0 Å². The first-order chi connectivity index (χ1) is 10.0. The molecule has 2 aromatic rings. The van der Waals surface area contributed by atoms with Crippen molar-refractivity contribution in [2.75, 3.05) is 0 Å². The van der Waals surface area contributed by atoms with Gasteiger partial charge in [0, 0.05) is 13.1 Å². The summed E-state index contributed by atoms with van der Waals surface area (Å²) in [5, 5.41) is 9.05. The summed E-state index contributed by atoms with van der Waals surface area (Å²) in [6.07, 6.45) is 0. The van der Waals surface area contributed by atoms with Crippen molar-refractivity contribution in [2.24, 2.45) is 0 Å². The van der Waals surface area contributed by atoms with Gasteiger partial charge in [0.15, 0.2) is 0 Å². The molecule has 1 aliphatic rings. The maximum absolute atomic E-state index is 12.7. The van der Waals surface area contributed by atoms with E-state index >= 15 is 0 Å². The average Bonchev–Trinajstić information content (AvgIpc) is 2.92. The normalized spacial score (nSPS) is 14.7. The van der Waals surface area contributed by atoms with E-state index in [0.29, 0.717) is 13.1 Å². The Labute approximate surface area is 128 Å². The van der Waals surface area contributed by atoms with Crippen LogP contribution in [0.25, 0.3) is 0 Å². The third-order valence-corrected chi connectivity index (χ3v) is 5.76. The van der Waals surface area contributed by atoms with Gasteiger partial charge in [-0.3, -0.25) is 0 Å². The lowest BCUT2D eigenvalue weighted by Crippen LogP contribution is -2.26. The van der Waals surface area contributed by atoms with E-state index in [1.54, 1.807) is 0 Å². The summed E-state index contributed by atoms with van der Waals surface area (Å²) in [6, 6.07) is 13.8. The molecule has 21 heavy (non-hydrogen) atoms. The molecule has 2 aromatic carbocycles. The zero-order valence-electron chi connectivity index (χ0n) is 11.0. The number of hydrogen-bond acceptors (Lipinski definition) is 3. The molecular weight excluding hydrogens is 308 g/mol. The Hall–Kier alpha value is -1.87. The second kappa shape index (κ2) is 5.15. The number of nitriles is 1. The molecule has 0 saturated heterocycles. The molecule has 3 rings (SSSR count). The van der Waals surface area contributed by atoms with Gasteiger partial charge >= 0.3 is 0 Å². The van der Waals surface area contributed by atoms with Crippen LogP contribution in [0.3, 0.4) is 0 Å². The van der Waals surface area contributed by atoms with Gasteiger partial charge < -0.3 is 0 Å². The number of hydrogen-bond donors (Lipinski definition) is 0. The zero-order chi connectivity index (χ0) is 15.0. The second-order valence-electron chi connectivity index (χ2n) is 4.80. The molecule has 0 unspecified atom stereocenters. The highest BCUT2D eigenvalue weighted by Gasteiger charge is 2.31. The molecule has 0 aliphatic carbocycles. The van der Waals surface area contributed by atoms with Crippen molar-refractivity contribution in [3.63, 3.8) is 0 Å². The molecule has 0 amide bonds. The minimum Gasteiger partial charge on any atom is -0.207 e. The average molecular weight is 319 g/mol. The zero-order valence-corrected chi connectivity index (χ0v) is 12.5. The molecular formula is C15H11ClN2O2S. The summed E-state index contributed by atoms with van der Waals surface area (Å²) in [5.41, 5.74) is 2.26. The molecule has 0 spiro atoms. The van der Waals surface area contributed by atoms with E-state index in [0.717, 1.165) is 11.1 Å². The summed E-state index contributed by atoms with van der Waals surface area (Å²) in [5.74, 6) is 0. The van der Waals surface area contributed by atoms with Gasteiger partial charge in [-0.15, -0.1) is 0 Å². The number of benzene rings is 2. The van der Waals surface area contributed by atoms with E-state index in [9.17, 15) is 8.42 Å². The monoisotopic (exact) mass is 318 g/mol. The Bertz CT molecular complexity index is 831. The standard InChI is InChI=1S/C15H11ClN2O2S/c16-14-6-5-11(8-17)7-15(14)21(19,20)18-9-12-3-1-2-4-13(12)10-18/h1-7H,9-10H2. The van der Waals surface area contributed by atoms with Crippen LogP contribution in [0.4, 0.5) is 0 Å². The van der Waals surface area contributed by atoms with Crippen LogP contribution >= 0.6 is 11.6 Å². The Morgan fingerprint density at radius 3 is 2.29 bits per heavy atom. The molecule has 6 heteroatoms. The lowest BCUT2D eigenvalue weighted by atomic mass is 10.1. The largest absolute Gasteiger partial charge is 0.245 e. The van der Waals surface area contributed by atoms with E-state index in [2.05, 4.69) is 0 Å². The number of nitrogens with zero attached hydrogens (tertiary/aromatic N) is 2. The number of rotatable bonds is 2. The molecule has 0 N–H and O–H groups in total. The predicted molar refractivity (Wildman–Crippen MR) is 79.0 cm³/mol. The van der Waals surface area contributed by atoms with Crippen LogP contribution in [0.2, 0.25) is 5.02 Å². The Morgan fingerprint density at radius 1 is 1.10 bits per heavy atom. The molecule has 1 heterocycles. The summed E-state index contributed by atoms with van der Waals surface area (Å²) in [6.45, 7) is 0.650. The second-order valence-corrected chi connectivity index (χ2v) is 7.11. The van der Waals surface area contributed by atoms with Gasteiger partial charge in [-0.25, -0.2) is 8.42 Å². The summed E-state index contributed by atoms with van der Waals surface area (Å²) < 4.78 is 26.8. The van der Waals surface area contributed by atoms with Crippen LogP contribution in [0.15, 0.2) is 47.4 Å². The van der Waals surface area contributed by atoms with Crippen molar-refractivity contribution in [3.05, 3.63) is 64.2 Å². The molecule has 0 bridgehead atoms. The van der Waals surface area contributed by atoms with Gasteiger partial charge in [-0.1, -0.05) is 35.9 Å². The van der Waals surface area contributed by atoms with Crippen molar-refractivity contribution in [2.45, 2.75) is 18.0 Å². The maximum atomic E-state index is 12.7. The molecule has 4 nitrogen and oxygen atoms in total. The van der Waals surface area contributed by atoms with Gasteiger partial charge in [0.2, 0.25) is 10.0 Å². The fraction of sp³-hybridized carbons (Fsp3) is 0.133. The van der Waals surface area contributed by atoms with Crippen LogP contribution in [0.1, 0.15) is 16.7 Å². The molecule has 0 radical (unpaired) electrons. The van der Waals surface area contributed by atoms with Crippen LogP contribution in [0.5, 0.6) is 0 Å². The van der Waals surface area contributed by atoms with Crippen molar-refractivity contribution in [1.82, 2.24) is 4.31 Å². The van der Waals surface area contributed by atoms with Crippen LogP contribution in [-0.4, -0.2) is 12.7 Å². The van der Waals surface area contributed by atoms with E-state index < -0.39 is 10.0 Å². The third kappa shape index (κ3) is 2.42. The lowest BCUT2D eigenvalue weighted by molar-refractivity contribution is 0.431. The molecule has 106 valence electrons. The van der Waals surface area contributed by atoms with Gasteiger partial charge in [0.1, 0.15) is 4.90 Å². The Kier molecular flexibility index (Phi) is 3.46. The summed E-state index contributed by atoms with van der Waals surface area (Å²) >= 11 is 6.01. The first kappa shape index (κ1) is 14.1. The van der Waals surface area contributed by atoms with Crippen molar-refractivity contribution < 1.29 is 8.42 Å². The van der Waals surface area contributed by atoms with Crippen LogP contribution in [0, 0.1) is 11.3 Å². The summed E-state index contributed by atoms with van der Waals surface area (Å²) in [4.78, 5) is -0.0176. The fourth-order valence-corrected chi connectivity index (χ4v) is 4.28. The predicted octanol–water partition coefficient (Wildman–Crippen LogP) is 2.92. The van der Waals surface area contributed by atoms with Gasteiger partial charge in [0.05, 0.1) is 16.7 Å². The number of sulfonamides is 1. The van der Waals surface area contributed by atoms with E-state index in [-0.39, 0.29) is 15.5 Å². The quantitative estimate of drug-likeness (QED) is 0.855. The van der Waals surface area contributed by atoms with Gasteiger partial charge in [-0.05, 0) is 29.3 Å². The highest BCUT2D eigenvalue weighted by Crippen LogP contribution is 2.31. The summed E-state index contributed by atoms with van der Waals surface area (Å²) in [7, 11) is -3.72. The smallest absolute Gasteiger partial charge is 0.207 e. The Balaban J connectivity index is 2.02. The topological polar surface area (TPSA) is 61.2 Å². The van der Waals surface area contributed by atoms with Crippen LogP contribution in [-0.2, 0) is 23.1 Å². The fourth-order valence-electron chi connectivity index (χ4n) is 2.38. The molecule has 1 aliphatic heterocycles. The third-order valence-electron chi connectivity index (χ3n) is 3.49. The van der Waals surface area contributed by atoms with Crippen molar-refractivity contribution >= 4 is 21.6 Å². The number of halogens is 1. The highest BCUT2D eigenvalue weighted by atomic mass is 35.5. The SMILES string of the molecule is N#Cc1ccc(Cl)c(S(=O)(=O)N2Cc3ccccc3C2)c1. The van der Waals surface area contributed by atoms with E-state index in [1.165, 1.54) is 22.5 Å². The minimum atomic E-state index is -3.72. The van der Waals surface area contributed by atoms with Crippen molar-refractivity contribution in [1.29, 1.82) is 5.26 Å². The molecule has 0 atom stereocenters. The first-order valence-electron chi connectivity index (χ1n) is 6.29. The van der Waals surface area contributed by atoms with E-state index in [1.807, 2.05) is 30.3 Å². The van der Waals surface area contributed by atoms with Gasteiger partial charge in [-0.2, -0.15) is 9.57 Å². The number of fused-ring (bicyclic) bond motifs is 1. The highest BCUT2D eigenvalue weighted by molar-refractivity contribution is 7.89. The van der Waals surface area contributed by atoms with E-state index in [4.69, 9.17) is 16.9 Å². The maximum Gasteiger partial charge on any atom is 0.245 e. The minimum absolute atomic E-state index is 0.0176. The van der Waals surface area contributed by atoms with Crippen molar-refractivity contribution in [3.8, 4) is 6.07 Å². The first-order valence-corrected chi connectivity index (χ1v) is 8.11. The van der Waals surface area contributed by atoms with Gasteiger partial charge in [0.25, 0.3) is 0 Å². The molecule has 0 fully saturated rings. The lowest BCUT2D eigenvalue weighted by Gasteiger charge is -2.16. The Morgan fingerprint density at radius 2 is 1.71 bits per heavy atom. The molecule has 0 saturated carbocycles. The molecule has 0 aromatic heterocycles.